The van der Waals surface area contributed by atoms with E-state index in [4.69, 9.17) is 15.2 Å². The van der Waals surface area contributed by atoms with Crippen molar-refractivity contribution in [3.05, 3.63) is 18.2 Å². The normalized spacial score (nSPS) is 21.6. The Morgan fingerprint density at radius 1 is 1.29 bits per heavy atom. The number of carbonyl (C=O) groups is 1. The molecule has 116 valence electrons. The summed E-state index contributed by atoms with van der Waals surface area (Å²) < 4.78 is 10.0. The standard InChI is InChI=1S/C16H24N2O3/c1-20-13-7-8-14(17)15(9-13)18-10-11-3-5-12(6-4-11)16(19)21-2/h7-9,11-12,18H,3-6,10,17H2,1-2H3. The Kier molecular flexibility index (Phi) is 5.31. The second kappa shape index (κ2) is 7.20. The van der Waals surface area contributed by atoms with E-state index in [2.05, 4.69) is 5.32 Å². The zero-order chi connectivity index (χ0) is 15.2. The molecule has 0 bridgehead atoms. The smallest absolute Gasteiger partial charge is 0.308 e. The first kappa shape index (κ1) is 15.5. The van der Waals surface area contributed by atoms with E-state index < -0.39 is 0 Å². The van der Waals surface area contributed by atoms with Crippen LogP contribution in [-0.4, -0.2) is 26.7 Å². The van der Waals surface area contributed by atoms with Crippen LogP contribution in [0.1, 0.15) is 25.7 Å². The molecular formula is C16H24N2O3. The number of methoxy groups -OCH3 is 2. The van der Waals surface area contributed by atoms with Gasteiger partial charge < -0.3 is 20.5 Å². The van der Waals surface area contributed by atoms with Crippen molar-refractivity contribution in [2.75, 3.05) is 31.8 Å². The minimum absolute atomic E-state index is 0.0709. The number of nitrogens with two attached hydrogens (primary N) is 1. The van der Waals surface area contributed by atoms with Crippen LogP contribution in [-0.2, 0) is 9.53 Å². The van der Waals surface area contributed by atoms with Crippen LogP contribution in [0.15, 0.2) is 18.2 Å². The fourth-order valence-corrected chi connectivity index (χ4v) is 2.84. The maximum absolute atomic E-state index is 11.5. The van der Waals surface area contributed by atoms with Crippen LogP contribution < -0.4 is 15.8 Å². The van der Waals surface area contributed by atoms with E-state index in [0.717, 1.165) is 49.4 Å². The zero-order valence-electron chi connectivity index (χ0n) is 12.7. The fourth-order valence-electron chi connectivity index (χ4n) is 2.84. The summed E-state index contributed by atoms with van der Waals surface area (Å²) in [6, 6.07) is 5.60. The maximum atomic E-state index is 11.5. The summed E-state index contributed by atoms with van der Waals surface area (Å²) in [5, 5.41) is 3.39. The van der Waals surface area contributed by atoms with Crippen molar-refractivity contribution in [2.45, 2.75) is 25.7 Å². The van der Waals surface area contributed by atoms with E-state index in [1.807, 2.05) is 18.2 Å². The van der Waals surface area contributed by atoms with E-state index in [-0.39, 0.29) is 11.9 Å². The molecule has 3 N–H and O–H groups in total. The molecule has 1 aliphatic rings. The second-order valence-corrected chi connectivity index (χ2v) is 5.57. The number of hydrogen-bond acceptors (Lipinski definition) is 5. The minimum Gasteiger partial charge on any atom is -0.497 e. The lowest BCUT2D eigenvalue weighted by Gasteiger charge is -2.27. The van der Waals surface area contributed by atoms with Gasteiger partial charge in [0.25, 0.3) is 0 Å². The molecule has 1 aromatic carbocycles. The molecule has 5 heteroatoms. The second-order valence-electron chi connectivity index (χ2n) is 5.57. The number of benzene rings is 1. The number of nitrogens with one attached hydrogen (secondary N) is 1. The molecule has 0 unspecified atom stereocenters. The summed E-state index contributed by atoms with van der Waals surface area (Å²) in [6.45, 7) is 0.866. The van der Waals surface area contributed by atoms with E-state index >= 15 is 0 Å². The molecule has 0 spiro atoms. The Labute approximate surface area is 125 Å². The molecule has 0 aliphatic heterocycles. The summed E-state index contributed by atoms with van der Waals surface area (Å²) >= 11 is 0. The molecule has 1 fully saturated rings. The van der Waals surface area contributed by atoms with Gasteiger partial charge in [-0.2, -0.15) is 0 Å². The monoisotopic (exact) mass is 292 g/mol. The molecule has 1 aliphatic carbocycles. The number of ether oxygens (including phenoxy) is 2. The molecule has 0 aromatic heterocycles. The molecule has 2 rings (SSSR count). The van der Waals surface area contributed by atoms with E-state index in [9.17, 15) is 4.79 Å². The third-order valence-electron chi connectivity index (χ3n) is 4.22. The predicted octanol–water partition coefficient (Wildman–Crippen LogP) is 2.67. The van der Waals surface area contributed by atoms with Gasteiger partial charge in [-0.15, -0.1) is 0 Å². The Morgan fingerprint density at radius 3 is 2.62 bits per heavy atom. The molecule has 5 nitrogen and oxygen atoms in total. The molecule has 0 heterocycles. The number of nitrogen functional groups attached to an aromatic ring is 1. The van der Waals surface area contributed by atoms with Crippen molar-refractivity contribution in [1.29, 1.82) is 0 Å². The van der Waals surface area contributed by atoms with Crippen molar-refractivity contribution in [1.82, 2.24) is 0 Å². The molecule has 0 atom stereocenters. The highest BCUT2D eigenvalue weighted by Crippen LogP contribution is 2.31. The lowest BCUT2D eigenvalue weighted by atomic mass is 9.82. The van der Waals surface area contributed by atoms with Gasteiger partial charge in [-0.25, -0.2) is 0 Å². The van der Waals surface area contributed by atoms with Gasteiger partial charge in [0.2, 0.25) is 0 Å². The summed E-state index contributed by atoms with van der Waals surface area (Å²) in [4.78, 5) is 11.5. The molecule has 0 saturated heterocycles. The van der Waals surface area contributed by atoms with Crippen LogP contribution in [0.25, 0.3) is 0 Å². The van der Waals surface area contributed by atoms with Crippen molar-refractivity contribution in [2.24, 2.45) is 11.8 Å². The fraction of sp³-hybridized carbons (Fsp3) is 0.562. The van der Waals surface area contributed by atoms with Crippen LogP contribution in [0.3, 0.4) is 0 Å². The lowest BCUT2D eigenvalue weighted by Crippen LogP contribution is -2.26. The van der Waals surface area contributed by atoms with E-state index in [0.29, 0.717) is 5.92 Å². The Morgan fingerprint density at radius 2 is 2.00 bits per heavy atom. The molecule has 0 amide bonds. The average Bonchev–Trinajstić information content (AvgIpc) is 2.54. The van der Waals surface area contributed by atoms with Crippen LogP contribution in [0.4, 0.5) is 11.4 Å². The number of carbonyl (C=O) groups excluding carboxylic acids is 1. The molecule has 1 saturated carbocycles. The van der Waals surface area contributed by atoms with Gasteiger partial charge in [0, 0.05) is 12.6 Å². The third kappa shape index (κ3) is 4.03. The SMILES string of the molecule is COC(=O)C1CCC(CNc2cc(OC)ccc2N)CC1. The van der Waals surface area contributed by atoms with Gasteiger partial charge in [-0.3, -0.25) is 4.79 Å². The van der Waals surface area contributed by atoms with Gasteiger partial charge >= 0.3 is 5.97 Å². The molecule has 0 radical (unpaired) electrons. The van der Waals surface area contributed by atoms with Crippen molar-refractivity contribution < 1.29 is 14.3 Å². The Bertz CT molecular complexity index is 482. The Balaban J connectivity index is 1.83. The molecular weight excluding hydrogens is 268 g/mol. The van der Waals surface area contributed by atoms with E-state index in [1.165, 1.54) is 7.11 Å². The highest BCUT2D eigenvalue weighted by Gasteiger charge is 2.26. The third-order valence-corrected chi connectivity index (χ3v) is 4.22. The van der Waals surface area contributed by atoms with Gasteiger partial charge in [-0.05, 0) is 43.7 Å². The topological polar surface area (TPSA) is 73.6 Å². The molecule has 21 heavy (non-hydrogen) atoms. The van der Waals surface area contributed by atoms with Crippen LogP contribution in [0.5, 0.6) is 5.75 Å². The first-order valence-electron chi connectivity index (χ1n) is 7.39. The summed E-state index contributed by atoms with van der Waals surface area (Å²) in [6.07, 6.45) is 3.90. The maximum Gasteiger partial charge on any atom is 0.308 e. The zero-order valence-corrected chi connectivity index (χ0v) is 12.7. The Hall–Kier alpha value is -1.91. The van der Waals surface area contributed by atoms with Gasteiger partial charge in [0.15, 0.2) is 0 Å². The first-order chi connectivity index (χ1) is 10.1. The molecule has 1 aromatic rings. The highest BCUT2D eigenvalue weighted by atomic mass is 16.5. The highest BCUT2D eigenvalue weighted by molar-refractivity contribution is 5.72. The number of esters is 1. The van der Waals surface area contributed by atoms with Crippen molar-refractivity contribution in [3.8, 4) is 5.75 Å². The summed E-state index contributed by atoms with van der Waals surface area (Å²) in [5.41, 5.74) is 7.59. The van der Waals surface area contributed by atoms with Crippen LogP contribution >= 0.6 is 0 Å². The van der Waals surface area contributed by atoms with Crippen molar-refractivity contribution in [3.63, 3.8) is 0 Å². The number of hydrogen-bond donors (Lipinski definition) is 2. The number of rotatable bonds is 5. The largest absolute Gasteiger partial charge is 0.497 e. The van der Waals surface area contributed by atoms with Crippen LogP contribution in [0, 0.1) is 11.8 Å². The summed E-state index contributed by atoms with van der Waals surface area (Å²) in [5.74, 6) is 1.36. The average molecular weight is 292 g/mol. The van der Waals surface area contributed by atoms with Gasteiger partial charge in [0.05, 0.1) is 31.5 Å². The predicted molar refractivity (Wildman–Crippen MR) is 83.4 cm³/mol. The number of anilines is 2. The first-order valence-corrected chi connectivity index (χ1v) is 7.39. The quantitative estimate of drug-likeness (QED) is 0.644. The van der Waals surface area contributed by atoms with Crippen molar-refractivity contribution >= 4 is 17.3 Å². The van der Waals surface area contributed by atoms with Gasteiger partial charge in [0.1, 0.15) is 5.75 Å². The minimum atomic E-state index is -0.0709. The summed E-state index contributed by atoms with van der Waals surface area (Å²) in [7, 11) is 3.10. The van der Waals surface area contributed by atoms with Crippen LogP contribution in [0.2, 0.25) is 0 Å². The van der Waals surface area contributed by atoms with Gasteiger partial charge in [-0.1, -0.05) is 0 Å². The van der Waals surface area contributed by atoms with E-state index in [1.54, 1.807) is 7.11 Å². The lowest BCUT2D eigenvalue weighted by molar-refractivity contribution is -0.146.